The van der Waals surface area contributed by atoms with Crippen molar-refractivity contribution in [3.05, 3.63) is 6.33 Å². The van der Waals surface area contributed by atoms with Crippen molar-refractivity contribution < 1.29 is 0 Å². The lowest BCUT2D eigenvalue weighted by Crippen LogP contribution is -2.03. The van der Waals surface area contributed by atoms with E-state index in [1.54, 1.807) is 4.68 Å². The lowest BCUT2D eigenvalue weighted by molar-refractivity contribution is 0.610. The summed E-state index contributed by atoms with van der Waals surface area (Å²) >= 11 is 0. The minimum absolute atomic E-state index is 0.497. The third-order valence-electron chi connectivity index (χ3n) is 1.08. The van der Waals surface area contributed by atoms with Crippen LogP contribution in [0.15, 0.2) is 6.33 Å². The molecule has 0 unspecified atom stereocenters. The van der Waals surface area contributed by atoms with Gasteiger partial charge in [-0.15, -0.1) is 0 Å². The Morgan fingerprint density at radius 3 is 3.00 bits per heavy atom. The van der Waals surface area contributed by atoms with Crippen molar-refractivity contribution in [2.75, 3.05) is 5.73 Å². The smallest absolute Gasteiger partial charge is 0.218 e. The summed E-state index contributed by atoms with van der Waals surface area (Å²) in [6.07, 6.45) is 2.50. The molecule has 1 rings (SSSR count). The highest BCUT2D eigenvalue weighted by molar-refractivity contribution is 5.11. The molecule has 1 heterocycles. The van der Waals surface area contributed by atoms with Gasteiger partial charge in [-0.3, -0.25) is 0 Å². The molecule has 0 saturated heterocycles. The molecule has 0 bridgehead atoms. The van der Waals surface area contributed by atoms with Crippen molar-refractivity contribution >= 4 is 5.95 Å². The molecule has 9 heavy (non-hydrogen) atoms. The predicted molar refractivity (Wildman–Crippen MR) is 34.7 cm³/mol. The fourth-order valence-electron chi connectivity index (χ4n) is 0.657. The number of nitrogen functional groups attached to an aromatic ring is 1. The van der Waals surface area contributed by atoms with Crippen molar-refractivity contribution in [1.29, 1.82) is 0 Å². The van der Waals surface area contributed by atoms with Crippen LogP contribution < -0.4 is 5.73 Å². The van der Waals surface area contributed by atoms with E-state index in [1.807, 2.05) is 0 Å². The SMILES string of the molecule is CCCn1ncnc1N. The number of hydrogen-bond acceptors (Lipinski definition) is 3. The number of rotatable bonds is 2. The lowest BCUT2D eigenvalue weighted by Gasteiger charge is -1.96. The lowest BCUT2D eigenvalue weighted by atomic mass is 10.5. The highest BCUT2D eigenvalue weighted by Crippen LogP contribution is 1.94. The normalized spacial score (nSPS) is 9.89. The molecule has 1 aromatic heterocycles. The highest BCUT2D eigenvalue weighted by Gasteiger charge is 1.94. The molecule has 2 N–H and O–H groups in total. The van der Waals surface area contributed by atoms with Gasteiger partial charge in [0.15, 0.2) is 0 Å². The number of aromatic nitrogens is 3. The second kappa shape index (κ2) is 2.48. The van der Waals surface area contributed by atoms with E-state index < -0.39 is 0 Å². The van der Waals surface area contributed by atoms with E-state index in [0.717, 1.165) is 13.0 Å². The Labute approximate surface area is 53.7 Å². The van der Waals surface area contributed by atoms with Crippen molar-refractivity contribution in [2.45, 2.75) is 19.9 Å². The molecule has 0 aliphatic rings. The Bertz CT molecular complexity index is 181. The average molecular weight is 126 g/mol. The van der Waals surface area contributed by atoms with Crippen molar-refractivity contribution in [3.8, 4) is 0 Å². The van der Waals surface area contributed by atoms with Crippen LogP contribution in [-0.2, 0) is 6.54 Å². The molecule has 0 aromatic carbocycles. The van der Waals surface area contributed by atoms with E-state index in [-0.39, 0.29) is 0 Å². The van der Waals surface area contributed by atoms with Crippen LogP contribution in [0.2, 0.25) is 0 Å². The van der Waals surface area contributed by atoms with E-state index in [0.29, 0.717) is 5.95 Å². The summed E-state index contributed by atoms with van der Waals surface area (Å²) in [4.78, 5) is 3.76. The largest absolute Gasteiger partial charge is 0.368 e. The Kier molecular flexibility index (Phi) is 1.67. The minimum Gasteiger partial charge on any atom is -0.368 e. The van der Waals surface area contributed by atoms with Crippen molar-refractivity contribution in [2.24, 2.45) is 0 Å². The fourth-order valence-corrected chi connectivity index (χ4v) is 0.657. The van der Waals surface area contributed by atoms with Gasteiger partial charge in [-0.25, -0.2) is 9.67 Å². The highest BCUT2D eigenvalue weighted by atomic mass is 15.4. The zero-order valence-corrected chi connectivity index (χ0v) is 5.41. The first kappa shape index (κ1) is 6.07. The molecule has 0 spiro atoms. The van der Waals surface area contributed by atoms with Gasteiger partial charge in [0.25, 0.3) is 0 Å². The van der Waals surface area contributed by atoms with Crippen LogP contribution in [-0.4, -0.2) is 14.8 Å². The maximum absolute atomic E-state index is 5.42. The zero-order chi connectivity index (χ0) is 6.69. The molecule has 0 amide bonds. The summed E-state index contributed by atoms with van der Waals surface area (Å²) < 4.78 is 1.68. The van der Waals surface area contributed by atoms with Crippen molar-refractivity contribution in [3.63, 3.8) is 0 Å². The molecule has 0 fully saturated rings. The summed E-state index contributed by atoms with van der Waals surface area (Å²) in [5.74, 6) is 0.497. The number of nitrogens with zero attached hydrogens (tertiary/aromatic N) is 3. The molecule has 4 nitrogen and oxygen atoms in total. The van der Waals surface area contributed by atoms with E-state index in [1.165, 1.54) is 6.33 Å². The first-order valence-electron chi connectivity index (χ1n) is 2.98. The van der Waals surface area contributed by atoms with E-state index in [9.17, 15) is 0 Å². The maximum Gasteiger partial charge on any atom is 0.218 e. The number of nitrogens with two attached hydrogens (primary N) is 1. The van der Waals surface area contributed by atoms with Crippen molar-refractivity contribution in [1.82, 2.24) is 14.8 Å². The molecular formula is C5H10N4. The van der Waals surface area contributed by atoms with Gasteiger partial charge >= 0.3 is 0 Å². The molecule has 0 atom stereocenters. The van der Waals surface area contributed by atoms with Gasteiger partial charge in [-0.1, -0.05) is 6.92 Å². The standard InChI is InChI=1S/C5H10N4/c1-2-3-9-5(6)7-4-8-9/h4H,2-3H2,1H3,(H2,6,7,8). The maximum atomic E-state index is 5.42. The van der Waals surface area contributed by atoms with Crippen LogP contribution in [0.1, 0.15) is 13.3 Å². The van der Waals surface area contributed by atoms with Gasteiger partial charge in [0.1, 0.15) is 6.33 Å². The predicted octanol–water partition coefficient (Wildman–Crippen LogP) is 0.270. The topological polar surface area (TPSA) is 56.7 Å². The summed E-state index contributed by atoms with van der Waals surface area (Å²) in [5, 5.41) is 3.89. The van der Waals surface area contributed by atoms with Crippen LogP contribution in [0, 0.1) is 0 Å². The van der Waals surface area contributed by atoms with Gasteiger partial charge in [0, 0.05) is 6.54 Å². The van der Waals surface area contributed by atoms with E-state index >= 15 is 0 Å². The molecule has 0 saturated carbocycles. The Morgan fingerprint density at radius 1 is 1.78 bits per heavy atom. The Hall–Kier alpha value is -1.06. The fraction of sp³-hybridized carbons (Fsp3) is 0.600. The second-order valence-corrected chi connectivity index (χ2v) is 1.84. The first-order chi connectivity index (χ1) is 4.34. The van der Waals surface area contributed by atoms with Crippen LogP contribution in [0.3, 0.4) is 0 Å². The first-order valence-corrected chi connectivity index (χ1v) is 2.98. The van der Waals surface area contributed by atoms with Crippen LogP contribution in [0.5, 0.6) is 0 Å². The molecular weight excluding hydrogens is 116 g/mol. The third kappa shape index (κ3) is 1.19. The van der Waals surface area contributed by atoms with Crippen LogP contribution in [0.25, 0.3) is 0 Å². The molecule has 4 heteroatoms. The summed E-state index contributed by atoms with van der Waals surface area (Å²) in [6.45, 7) is 2.92. The molecule has 0 radical (unpaired) electrons. The molecule has 1 aromatic rings. The molecule has 0 aliphatic heterocycles. The van der Waals surface area contributed by atoms with Gasteiger partial charge in [-0.2, -0.15) is 5.10 Å². The Balaban J connectivity index is 2.69. The zero-order valence-electron chi connectivity index (χ0n) is 5.41. The van der Waals surface area contributed by atoms with E-state index in [2.05, 4.69) is 17.0 Å². The second-order valence-electron chi connectivity index (χ2n) is 1.84. The van der Waals surface area contributed by atoms with E-state index in [4.69, 9.17) is 5.73 Å². The van der Waals surface area contributed by atoms with Gasteiger partial charge in [0.05, 0.1) is 0 Å². The number of aryl methyl sites for hydroxylation is 1. The number of hydrogen-bond donors (Lipinski definition) is 1. The monoisotopic (exact) mass is 126 g/mol. The quantitative estimate of drug-likeness (QED) is 0.618. The molecule has 50 valence electrons. The number of anilines is 1. The minimum atomic E-state index is 0.497. The average Bonchev–Trinajstić information content (AvgIpc) is 2.18. The summed E-state index contributed by atoms with van der Waals surface area (Å²) in [7, 11) is 0. The third-order valence-corrected chi connectivity index (χ3v) is 1.08. The van der Waals surface area contributed by atoms with Gasteiger partial charge < -0.3 is 5.73 Å². The summed E-state index contributed by atoms with van der Waals surface area (Å²) in [5.41, 5.74) is 5.42. The van der Waals surface area contributed by atoms with Gasteiger partial charge in [-0.05, 0) is 6.42 Å². The van der Waals surface area contributed by atoms with Crippen LogP contribution >= 0.6 is 0 Å². The Morgan fingerprint density at radius 2 is 2.56 bits per heavy atom. The molecule has 0 aliphatic carbocycles. The van der Waals surface area contributed by atoms with Gasteiger partial charge in [0.2, 0.25) is 5.95 Å². The van der Waals surface area contributed by atoms with Crippen LogP contribution in [0.4, 0.5) is 5.95 Å². The summed E-state index contributed by atoms with van der Waals surface area (Å²) in [6, 6.07) is 0.